The van der Waals surface area contributed by atoms with Crippen LogP contribution in [0.3, 0.4) is 0 Å². The minimum atomic E-state index is -0.572. The molecule has 0 bridgehead atoms. The fourth-order valence-electron chi connectivity index (χ4n) is 4.59. The number of imidazole rings is 1. The molecule has 140 valence electrons. The second-order valence-corrected chi connectivity index (χ2v) is 7.57. The van der Waals surface area contributed by atoms with Crippen molar-refractivity contribution in [2.75, 3.05) is 4.90 Å². The molecule has 2 fully saturated rings. The molecule has 2 aromatic carbocycles. The zero-order chi connectivity index (χ0) is 19.1. The van der Waals surface area contributed by atoms with Crippen LogP contribution in [0.15, 0.2) is 48.5 Å². The molecule has 2 aliphatic rings. The van der Waals surface area contributed by atoms with Crippen LogP contribution in [-0.4, -0.2) is 21.7 Å². The van der Waals surface area contributed by atoms with Gasteiger partial charge in [-0.2, -0.15) is 5.26 Å². The van der Waals surface area contributed by atoms with Gasteiger partial charge in [0.2, 0.25) is 0 Å². The lowest BCUT2D eigenvalue weighted by atomic mass is 9.79. The van der Waals surface area contributed by atoms with Crippen molar-refractivity contribution in [3.8, 4) is 6.07 Å². The van der Waals surface area contributed by atoms with Gasteiger partial charge in [0.05, 0.1) is 22.7 Å². The Bertz CT molecular complexity index is 1080. The summed E-state index contributed by atoms with van der Waals surface area (Å²) in [5, 5.41) is 9.18. The maximum atomic E-state index is 13.0. The van der Waals surface area contributed by atoms with Gasteiger partial charge >= 0.3 is 6.09 Å². The Balaban J connectivity index is 1.67. The molecule has 1 amide bonds. The fourth-order valence-corrected chi connectivity index (χ4v) is 4.59. The highest BCUT2D eigenvalue weighted by molar-refractivity contribution is 5.92. The number of aromatic nitrogens is 2. The molecule has 6 heteroatoms. The fraction of sp³-hybridized carbons (Fsp3) is 0.318. The molecule has 0 radical (unpaired) electrons. The lowest BCUT2D eigenvalue weighted by molar-refractivity contribution is 0.00313. The largest absolute Gasteiger partial charge is 0.440 e. The molecular weight excluding hydrogens is 352 g/mol. The highest BCUT2D eigenvalue weighted by Crippen LogP contribution is 2.50. The number of hydrogen-bond acceptors (Lipinski definition) is 4. The molecule has 1 aliphatic heterocycles. The summed E-state index contributed by atoms with van der Waals surface area (Å²) in [6, 6.07) is 16.9. The molecular formula is C22H20N4O2. The molecule has 0 unspecified atom stereocenters. The van der Waals surface area contributed by atoms with Crippen LogP contribution in [0.4, 0.5) is 10.5 Å². The Labute approximate surface area is 162 Å². The van der Waals surface area contributed by atoms with Crippen LogP contribution in [-0.2, 0) is 4.74 Å². The predicted octanol–water partition coefficient (Wildman–Crippen LogP) is 4.84. The second kappa shape index (κ2) is 6.38. The Hall–Kier alpha value is -3.33. The predicted molar refractivity (Wildman–Crippen MR) is 105 cm³/mol. The summed E-state index contributed by atoms with van der Waals surface area (Å²) in [6.45, 7) is 0. The first-order valence-corrected chi connectivity index (χ1v) is 9.67. The molecule has 1 saturated heterocycles. The van der Waals surface area contributed by atoms with Gasteiger partial charge in [0, 0.05) is 5.69 Å². The van der Waals surface area contributed by atoms with Gasteiger partial charge in [0.1, 0.15) is 17.5 Å². The second-order valence-electron chi connectivity index (χ2n) is 7.57. The molecule has 2 heterocycles. The van der Waals surface area contributed by atoms with E-state index in [1.807, 2.05) is 36.4 Å². The van der Waals surface area contributed by atoms with E-state index in [0.29, 0.717) is 11.4 Å². The third kappa shape index (κ3) is 2.55. The van der Waals surface area contributed by atoms with Crippen LogP contribution in [0.25, 0.3) is 11.0 Å². The van der Waals surface area contributed by atoms with E-state index in [0.717, 1.165) is 48.8 Å². The maximum Gasteiger partial charge on any atom is 0.415 e. The summed E-state index contributed by atoms with van der Waals surface area (Å²) in [6.07, 6.45) is 4.55. The average Bonchev–Trinajstić information content (AvgIpc) is 3.26. The molecule has 1 saturated carbocycles. The van der Waals surface area contributed by atoms with Gasteiger partial charge in [-0.05, 0) is 56.0 Å². The minimum absolute atomic E-state index is 0.319. The number of nitrogens with one attached hydrogen (secondary N) is 1. The summed E-state index contributed by atoms with van der Waals surface area (Å²) in [5.74, 6) is 0.710. The number of benzene rings is 2. The van der Waals surface area contributed by atoms with Crippen molar-refractivity contribution in [2.45, 2.75) is 43.7 Å². The number of carbonyl (C=O) groups is 1. The Morgan fingerprint density at radius 2 is 1.93 bits per heavy atom. The molecule has 3 aromatic rings. The number of fused-ring (bicyclic) bond motifs is 1. The van der Waals surface area contributed by atoms with Gasteiger partial charge in [-0.15, -0.1) is 0 Å². The quantitative estimate of drug-likeness (QED) is 0.698. The zero-order valence-electron chi connectivity index (χ0n) is 15.4. The van der Waals surface area contributed by atoms with E-state index >= 15 is 0 Å². The molecule has 5 rings (SSSR count). The van der Waals surface area contributed by atoms with Gasteiger partial charge in [0.15, 0.2) is 0 Å². The number of nitriles is 1. The van der Waals surface area contributed by atoms with Crippen LogP contribution in [0.5, 0.6) is 0 Å². The normalized spacial score (nSPS) is 21.0. The van der Waals surface area contributed by atoms with Gasteiger partial charge < -0.3 is 9.72 Å². The lowest BCUT2D eigenvalue weighted by Gasteiger charge is -2.36. The number of H-pyrrole nitrogens is 1. The van der Waals surface area contributed by atoms with E-state index in [-0.39, 0.29) is 12.1 Å². The highest BCUT2D eigenvalue weighted by atomic mass is 16.6. The lowest BCUT2D eigenvalue weighted by Crippen LogP contribution is -2.40. The van der Waals surface area contributed by atoms with Crippen molar-refractivity contribution in [3.05, 3.63) is 59.9 Å². The van der Waals surface area contributed by atoms with Crippen LogP contribution in [0.1, 0.15) is 49.5 Å². The van der Waals surface area contributed by atoms with E-state index in [9.17, 15) is 10.1 Å². The van der Waals surface area contributed by atoms with E-state index < -0.39 is 5.60 Å². The summed E-state index contributed by atoms with van der Waals surface area (Å²) in [7, 11) is 0. The van der Waals surface area contributed by atoms with Crippen molar-refractivity contribution in [3.63, 3.8) is 0 Å². The SMILES string of the molecule is N#Cc1ccc2nc([C@H]3N(c4ccccc4)C(=O)OC34CCCCC4)[nH]c2c1. The molecule has 1 atom stereocenters. The number of amides is 1. The first kappa shape index (κ1) is 16.8. The molecule has 1 aromatic heterocycles. The number of para-hydroxylation sites is 1. The summed E-state index contributed by atoms with van der Waals surface area (Å²) in [4.78, 5) is 22.9. The number of carbonyl (C=O) groups excluding carboxylic acids is 1. The highest BCUT2D eigenvalue weighted by Gasteiger charge is 2.56. The van der Waals surface area contributed by atoms with Crippen LogP contribution in [0, 0.1) is 11.3 Å². The summed E-state index contributed by atoms with van der Waals surface area (Å²) < 4.78 is 6.04. The Kier molecular flexibility index (Phi) is 3.83. The van der Waals surface area contributed by atoms with Crippen molar-refractivity contribution >= 4 is 22.8 Å². The number of nitrogens with zero attached hydrogens (tertiary/aromatic N) is 3. The van der Waals surface area contributed by atoms with Crippen LogP contribution < -0.4 is 4.90 Å². The van der Waals surface area contributed by atoms with Crippen molar-refractivity contribution < 1.29 is 9.53 Å². The van der Waals surface area contributed by atoms with Crippen molar-refractivity contribution in [1.82, 2.24) is 9.97 Å². The molecule has 6 nitrogen and oxygen atoms in total. The van der Waals surface area contributed by atoms with Gasteiger partial charge in [-0.3, -0.25) is 4.90 Å². The average molecular weight is 372 g/mol. The number of hydrogen-bond donors (Lipinski definition) is 1. The molecule has 1 aliphatic carbocycles. The maximum absolute atomic E-state index is 13.0. The first-order chi connectivity index (χ1) is 13.7. The minimum Gasteiger partial charge on any atom is -0.440 e. The van der Waals surface area contributed by atoms with E-state index in [2.05, 4.69) is 11.1 Å². The van der Waals surface area contributed by atoms with Gasteiger partial charge in [0.25, 0.3) is 0 Å². The molecule has 28 heavy (non-hydrogen) atoms. The molecule has 1 N–H and O–H groups in total. The first-order valence-electron chi connectivity index (χ1n) is 9.67. The number of anilines is 1. The zero-order valence-corrected chi connectivity index (χ0v) is 15.4. The third-order valence-corrected chi connectivity index (χ3v) is 5.87. The van der Waals surface area contributed by atoms with Gasteiger partial charge in [-0.1, -0.05) is 24.6 Å². The topological polar surface area (TPSA) is 82.0 Å². The Morgan fingerprint density at radius 3 is 2.68 bits per heavy atom. The Morgan fingerprint density at radius 1 is 1.14 bits per heavy atom. The van der Waals surface area contributed by atoms with Crippen molar-refractivity contribution in [1.29, 1.82) is 5.26 Å². The number of ether oxygens (including phenoxy) is 1. The summed E-state index contributed by atoms with van der Waals surface area (Å²) >= 11 is 0. The van der Waals surface area contributed by atoms with Gasteiger partial charge in [-0.25, -0.2) is 9.78 Å². The third-order valence-electron chi connectivity index (χ3n) is 5.87. The van der Waals surface area contributed by atoms with Crippen LogP contribution >= 0.6 is 0 Å². The molecule has 1 spiro atoms. The number of aromatic amines is 1. The van der Waals surface area contributed by atoms with E-state index in [1.54, 1.807) is 17.0 Å². The smallest absolute Gasteiger partial charge is 0.415 e. The monoisotopic (exact) mass is 372 g/mol. The van der Waals surface area contributed by atoms with Crippen molar-refractivity contribution in [2.24, 2.45) is 0 Å². The summed E-state index contributed by atoms with van der Waals surface area (Å²) in [5.41, 5.74) is 2.39. The van der Waals surface area contributed by atoms with E-state index in [1.165, 1.54) is 0 Å². The van der Waals surface area contributed by atoms with Crippen LogP contribution in [0.2, 0.25) is 0 Å². The standard InChI is InChI=1S/C22H20N4O2/c23-14-15-9-10-17-18(13-15)25-20(24-17)19-22(11-5-2-6-12-22)28-21(27)26(19)16-7-3-1-4-8-16/h1,3-4,7-10,13,19H,2,5-6,11-12H2,(H,24,25)/t19-/m1/s1. The number of rotatable bonds is 2. The van der Waals surface area contributed by atoms with E-state index in [4.69, 9.17) is 9.72 Å².